The molecule has 3 aromatic rings. The summed E-state index contributed by atoms with van der Waals surface area (Å²) in [7, 11) is 0. The zero-order chi connectivity index (χ0) is 17.2. The summed E-state index contributed by atoms with van der Waals surface area (Å²) < 4.78 is 0. The van der Waals surface area contributed by atoms with Gasteiger partial charge in [-0.25, -0.2) is 9.97 Å². The predicted octanol–water partition coefficient (Wildman–Crippen LogP) is 5.72. The monoisotopic (exact) mass is 351 g/mol. The Morgan fingerprint density at radius 3 is 2.64 bits per heavy atom. The van der Waals surface area contributed by atoms with Gasteiger partial charge in [-0.2, -0.15) is 0 Å². The smallest absolute Gasteiger partial charge is 0.162 e. The van der Waals surface area contributed by atoms with E-state index < -0.39 is 0 Å². The fourth-order valence-electron chi connectivity index (χ4n) is 3.71. The lowest BCUT2D eigenvalue weighted by molar-refractivity contribution is 0.448. The van der Waals surface area contributed by atoms with Crippen molar-refractivity contribution in [2.24, 2.45) is 0 Å². The van der Waals surface area contributed by atoms with Crippen molar-refractivity contribution in [1.82, 2.24) is 9.97 Å². The van der Waals surface area contributed by atoms with Crippen LogP contribution in [0.3, 0.4) is 0 Å². The Morgan fingerprint density at radius 1 is 1.04 bits per heavy atom. The first-order valence-electron chi connectivity index (χ1n) is 9.05. The van der Waals surface area contributed by atoms with E-state index in [4.69, 9.17) is 21.6 Å². The van der Waals surface area contributed by atoms with E-state index in [9.17, 15) is 0 Å². The van der Waals surface area contributed by atoms with E-state index in [-0.39, 0.29) is 0 Å². The van der Waals surface area contributed by atoms with Gasteiger partial charge in [-0.3, -0.25) is 0 Å². The zero-order valence-electron chi connectivity index (χ0n) is 14.5. The average molecular weight is 352 g/mol. The maximum absolute atomic E-state index is 6.04. The van der Waals surface area contributed by atoms with Gasteiger partial charge < -0.3 is 4.90 Å². The number of hydrogen-bond donors (Lipinski definition) is 0. The van der Waals surface area contributed by atoms with Crippen LogP contribution in [-0.2, 0) is 0 Å². The summed E-state index contributed by atoms with van der Waals surface area (Å²) in [6.07, 6.45) is 4.92. The van der Waals surface area contributed by atoms with E-state index in [1.165, 1.54) is 19.3 Å². The van der Waals surface area contributed by atoms with Gasteiger partial charge in [0.2, 0.25) is 0 Å². The molecule has 4 heteroatoms. The van der Waals surface area contributed by atoms with Crippen LogP contribution in [0.4, 0.5) is 5.82 Å². The molecule has 0 unspecified atom stereocenters. The summed E-state index contributed by atoms with van der Waals surface area (Å²) in [4.78, 5) is 12.3. The van der Waals surface area contributed by atoms with Crippen LogP contribution in [0, 0.1) is 0 Å². The fraction of sp³-hybridized carbons (Fsp3) is 0.333. The third-order valence-corrected chi connectivity index (χ3v) is 5.31. The molecule has 25 heavy (non-hydrogen) atoms. The van der Waals surface area contributed by atoms with Crippen LogP contribution in [0.25, 0.3) is 22.3 Å². The first-order chi connectivity index (χ1) is 12.3. The topological polar surface area (TPSA) is 29.0 Å². The molecule has 0 spiro atoms. The third kappa shape index (κ3) is 3.21. The van der Waals surface area contributed by atoms with Crippen LogP contribution in [0.1, 0.15) is 32.6 Å². The largest absolute Gasteiger partial charge is 0.353 e. The highest BCUT2D eigenvalue weighted by atomic mass is 35.5. The lowest BCUT2D eigenvalue weighted by atomic mass is 9.99. The lowest BCUT2D eigenvalue weighted by Crippen LogP contribution is -2.39. The SMILES string of the molecule is CC[C@@H]1CCCCN1c1nc(-c2ccc(Cl)cc2)nc2ccccc12. The maximum Gasteiger partial charge on any atom is 0.162 e. The number of rotatable bonds is 3. The van der Waals surface area contributed by atoms with Crippen molar-refractivity contribution >= 4 is 28.3 Å². The quantitative estimate of drug-likeness (QED) is 0.604. The van der Waals surface area contributed by atoms with Crippen molar-refractivity contribution in [3.8, 4) is 11.4 Å². The molecule has 3 nitrogen and oxygen atoms in total. The van der Waals surface area contributed by atoms with Crippen LogP contribution in [-0.4, -0.2) is 22.6 Å². The number of fused-ring (bicyclic) bond motifs is 1. The first-order valence-corrected chi connectivity index (χ1v) is 9.43. The molecule has 0 N–H and O–H groups in total. The normalized spacial score (nSPS) is 17.8. The second-order valence-electron chi connectivity index (χ2n) is 6.65. The molecule has 2 heterocycles. The van der Waals surface area contributed by atoms with E-state index in [2.05, 4.69) is 30.0 Å². The van der Waals surface area contributed by atoms with Crippen molar-refractivity contribution in [1.29, 1.82) is 0 Å². The van der Waals surface area contributed by atoms with Crippen LogP contribution < -0.4 is 4.90 Å². The summed E-state index contributed by atoms with van der Waals surface area (Å²) in [6, 6.07) is 16.6. The van der Waals surface area contributed by atoms with E-state index >= 15 is 0 Å². The van der Waals surface area contributed by atoms with Gasteiger partial charge in [-0.05, 0) is 62.1 Å². The second kappa shape index (κ2) is 7.01. The number of para-hydroxylation sites is 1. The van der Waals surface area contributed by atoms with Crippen molar-refractivity contribution < 1.29 is 0 Å². The van der Waals surface area contributed by atoms with Gasteiger partial charge in [-0.1, -0.05) is 30.7 Å². The number of piperidine rings is 1. The molecule has 0 radical (unpaired) electrons. The van der Waals surface area contributed by atoms with Gasteiger partial charge >= 0.3 is 0 Å². The molecule has 1 aliphatic heterocycles. The molecule has 2 aromatic carbocycles. The summed E-state index contributed by atoms with van der Waals surface area (Å²) in [5.41, 5.74) is 2.00. The molecule has 1 fully saturated rings. The molecular formula is C21H22ClN3. The number of benzene rings is 2. The third-order valence-electron chi connectivity index (χ3n) is 5.06. The van der Waals surface area contributed by atoms with Gasteiger partial charge in [-0.15, -0.1) is 0 Å². The second-order valence-corrected chi connectivity index (χ2v) is 7.08. The van der Waals surface area contributed by atoms with Gasteiger partial charge in [0.1, 0.15) is 5.82 Å². The van der Waals surface area contributed by atoms with Gasteiger partial charge in [0.25, 0.3) is 0 Å². The molecule has 0 aliphatic carbocycles. The minimum atomic E-state index is 0.560. The Bertz CT molecular complexity index is 876. The van der Waals surface area contributed by atoms with Crippen LogP contribution >= 0.6 is 11.6 Å². The fourth-order valence-corrected chi connectivity index (χ4v) is 3.84. The van der Waals surface area contributed by atoms with Gasteiger partial charge in [0.15, 0.2) is 5.82 Å². The standard InChI is InChI=1S/C21H22ClN3/c1-2-17-7-5-6-14-25(17)21-18-8-3-4-9-19(18)23-20(24-21)15-10-12-16(22)13-11-15/h3-4,8-13,17H,2,5-7,14H2,1H3/t17-/m1/s1. The van der Waals surface area contributed by atoms with Gasteiger partial charge in [0, 0.05) is 28.6 Å². The molecule has 4 rings (SSSR count). The number of aromatic nitrogens is 2. The van der Waals surface area contributed by atoms with Crippen molar-refractivity contribution in [2.75, 3.05) is 11.4 Å². The Labute approximate surface area is 153 Å². The molecular weight excluding hydrogens is 330 g/mol. The molecule has 1 atom stereocenters. The number of nitrogens with zero attached hydrogens (tertiary/aromatic N) is 3. The first kappa shape index (κ1) is 16.3. The summed E-state index contributed by atoms with van der Waals surface area (Å²) in [5, 5.41) is 1.87. The minimum absolute atomic E-state index is 0.560. The van der Waals surface area contributed by atoms with Gasteiger partial charge in [0.05, 0.1) is 5.52 Å². The minimum Gasteiger partial charge on any atom is -0.353 e. The number of halogens is 1. The molecule has 0 bridgehead atoms. The lowest BCUT2D eigenvalue weighted by Gasteiger charge is -2.37. The zero-order valence-corrected chi connectivity index (χ0v) is 15.2. The van der Waals surface area contributed by atoms with Crippen molar-refractivity contribution in [2.45, 2.75) is 38.6 Å². The molecule has 1 aromatic heterocycles. The van der Waals surface area contributed by atoms with Crippen LogP contribution in [0.15, 0.2) is 48.5 Å². The van der Waals surface area contributed by atoms with Crippen LogP contribution in [0.5, 0.6) is 0 Å². The summed E-state index contributed by atoms with van der Waals surface area (Å²) in [5.74, 6) is 1.84. The van der Waals surface area contributed by atoms with E-state index in [0.717, 1.165) is 46.1 Å². The Morgan fingerprint density at radius 2 is 1.84 bits per heavy atom. The highest BCUT2D eigenvalue weighted by Crippen LogP contribution is 2.32. The molecule has 128 valence electrons. The Hall–Kier alpha value is -2.13. The highest BCUT2D eigenvalue weighted by Gasteiger charge is 2.24. The summed E-state index contributed by atoms with van der Waals surface area (Å²) >= 11 is 6.04. The van der Waals surface area contributed by atoms with Crippen molar-refractivity contribution in [3.05, 3.63) is 53.6 Å². The maximum atomic E-state index is 6.04. The van der Waals surface area contributed by atoms with E-state index in [1.807, 2.05) is 30.3 Å². The molecule has 1 aliphatic rings. The van der Waals surface area contributed by atoms with Crippen molar-refractivity contribution in [3.63, 3.8) is 0 Å². The average Bonchev–Trinajstić information content (AvgIpc) is 2.67. The molecule has 1 saturated heterocycles. The number of anilines is 1. The molecule has 0 saturated carbocycles. The van der Waals surface area contributed by atoms with Crippen LogP contribution in [0.2, 0.25) is 5.02 Å². The highest BCUT2D eigenvalue weighted by molar-refractivity contribution is 6.30. The van der Waals surface area contributed by atoms with E-state index in [0.29, 0.717) is 6.04 Å². The predicted molar refractivity (Wildman–Crippen MR) is 105 cm³/mol. The van der Waals surface area contributed by atoms with E-state index in [1.54, 1.807) is 0 Å². The molecule has 0 amide bonds. The Kier molecular flexibility index (Phi) is 4.58. The Balaban J connectivity index is 1.88. The number of hydrogen-bond acceptors (Lipinski definition) is 3. The summed E-state index contributed by atoms with van der Waals surface area (Å²) in [6.45, 7) is 3.34.